The predicted molar refractivity (Wildman–Crippen MR) is 79.4 cm³/mol. The van der Waals surface area contributed by atoms with E-state index >= 15 is 0 Å². The first-order valence-electron chi connectivity index (χ1n) is 7.60. The summed E-state index contributed by atoms with van der Waals surface area (Å²) in [5.41, 5.74) is 0.923. The van der Waals surface area contributed by atoms with Crippen molar-refractivity contribution in [1.29, 1.82) is 0 Å². The maximum Gasteiger partial charge on any atom is 0.387 e. The number of aliphatic hydroxyl groups is 1. The standard InChI is InChI=1S/C16H23F2NO3/c1-21-14-7-6-12(10-15(14)22-16(17)18)11-19-8-2-4-13(19)5-3-9-20/h6-7,10,13,16,20H,2-5,8-9,11H2,1H3. The van der Waals surface area contributed by atoms with Gasteiger partial charge < -0.3 is 14.6 Å². The van der Waals surface area contributed by atoms with Gasteiger partial charge in [-0.3, -0.25) is 4.90 Å². The van der Waals surface area contributed by atoms with Crippen molar-refractivity contribution < 1.29 is 23.4 Å². The fraction of sp³-hybridized carbons (Fsp3) is 0.625. The van der Waals surface area contributed by atoms with Crippen LogP contribution in [0.2, 0.25) is 0 Å². The zero-order chi connectivity index (χ0) is 15.9. The van der Waals surface area contributed by atoms with Gasteiger partial charge in [-0.05, 0) is 49.9 Å². The van der Waals surface area contributed by atoms with E-state index < -0.39 is 6.61 Å². The SMILES string of the molecule is COc1ccc(CN2CCCC2CCCO)cc1OC(F)F. The molecule has 0 aliphatic carbocycles. The minimum absolute atomic E-state index is 0.0705. The van der Waals surface area contributed by atoms with Gasteiger partial charge >= 0.3 is 6.61 Å². The highest BCUT2D eigenvalue weighted by atomic mass is 19.3. The van der Waals surface area contributed by atoms with Crippen LogP contribution in [0.1, 0.15) is 31.2 Å². The van der Waals surface area contributed by atoms with E-state index in [4.69, 9.17) is 9.84 Å². The largest absolute Gasteiger partial charge is 0.493 e. The van der Waals surface area contributed by atoms with Gasteiger partial charge in [0.05, 0.1) is 7.11 Å². The summed E-state index contributed by atoms with van der Waals surface area (Å²) in [6.07, 6.45) is 4.01. The van der Waals surface area contributed by atoms with Gasteiger partial charge in [0.2, 0.25) is 0 Å². The molecule has 1 atom stereocenters. The number of alkyl halides is 2. The second-order valence-corrected chi connectivity index (χ2v) is 5.50. The van der Waals surface area contributed by atoms with Crippen LogP contribution in [0.15, 0.2) is 18.2 Å². The normalized spacial score (nSPS) is 18.9. The molecule has 1 N–H and O–H groups in total. The molecule has 6 heteroatoms. The van der Waals surface area contributed by atoms with Crippen molar-refractivity contribution in [3.8, 4) is 11.5 Å². The van der Waals surface area contributed by atoms with Crippen LogP contribution in [0.5, 0.6) is 11.5 Å². The lowest BCUT2D eigenvalue weighted by atomic mass is 10.1. The van der Waals surface area contributed by atoms with Crippen molar-refractivity contribution in [1.82, 2.24) is 4.90 Å². The molecule has 0 bridgehead atoms. The van der Waals surface area contributed by atoms with E-state index in [-0.39, 0.29) is 12.4 Å². The quantitative estimate of drug-likeness (QED) is 0.801. The van der Waals surface area contributed by atoms with Crippen LogP contribution in [0, 0.1) is 0 Å². The zero-order valence-electron chi connectivity index (χ0n) is 12.8. The van der Waals surface area contributed by atoms with E-state index in [1.54, 1.807) is 12.1 Å². The van der Waals surface area contributed by atoms with E-state index in [9.17, 15) is 8.78 Å². The zero-order valence-corrected chi connectivity index (χ0v) is 12.8. The molecule has 1 aromatic carbocycles. The third-order valence-corrected chi connectivity index (χ3v) is 4.02. The molecule has 1 aliphatic rings. The Labute approximate surface area is 129 Å². The molecule has 124 valence electrons. The van der Waals surface area contributed by atoms with Crippen molar-refractivity contribution >= 4 is 0 Å². The Kier molecular flexibility index (Phi) is 6.39. The fourth-order valence-corrected chi connectivity index (χ4v) is 3.00. The monoisotopic (exact) mass is 315 g/mol. The van der Waals surface area contributed by atoms with Crippen LogP contribution in [-0.4, -0.2) is 42.9 Å². The third-order valence-electron chi connectivity index (χ3n) is 4.02. The Morgan fingerprint density at radius 3 is 2.86 bits per heavy atom. The number of benzene rings is 1. The minimum atomic E-state index is -2.87. The molecule has 0 aromatic heterocycles. The highest BCUT2D eigenvalue weighted by molar-refractivity contribution is 5.43. The smallest absolute Gasteiger partial charge is 0.387 e. The number of aliphatic hydroxyl groups excluding tert-OH is 1. The molecule has 0 spiro atoms. The molecule has 1 aromatic rings. The lowest BCUT2D eigenvalue weighted by molar-refractivity contribution is -0.0512. The maximum atomic E-state index is 12.5. The van der Waals surface area contributed by atoms with Gasteiger partial charge in [0.1, 0.15) is 0 Å². The molecule has 22 heavy (non-hydrogen) atoms. The average molecular weight is 315 g/mol. The van der Waals surface area contributed by atoms with Crippen LogP contribution in [-0.2, 0) is 6.54 Å². The van der Waals surface area contributed by atoms with Crippen molar-refractivity contribution in [2.24, 2.45) is 0 Å². The average Bonchev–Trinajstić information content (AvgIpc) is 2.92. The molecular formula is C16H23F2NO3. The Hall–Kier alpha value is -1.40. The molecule has 1 heterocycles. The van der Waals surface area contributed by atoms with Gasteiger partial charge in [0.25, 0.3) is 0 Å². The topological polar surface area (TPSA) is 41.9 Å². The van der Waals surface area contributed by atoms with Crippen LogP contribution < -0.4 is 9.47 Å². The number of hydrogen-bond donors (Lipinski definition) is 1. The number of ether oxygens (including phenoxy) is 2. The Morgan fingerprint density at radius 2 is 2.18 bits per heavy atom. The van der Waals surface area contributed by atoms with Gasteiger partial charge in [-0.25, -0.2) is 0 Å². The predicted octanol–water partition coefficient (Wildman–Crippen LogP) is 3.03. The van der Waals surface area contributed by atoms with E-state index in [1.807, 2.05) is 6.07 Å². The summed E-state index contributed by atoms with van der Waals surface area (Å²) in [5, 5.41) is 8.96. The number of rotatable bonds is 8. The molecule has 1 unspecified atom stereocenters. The summed E-state index contributed by atoms with van der Waals surface area (Å²) < 4.78 is 34.5. The van der Waals surface area contributed by atoms with Crippen LogP contribution in [0.3, 0.4) is 0 Å². The highest BCUT2D eigenvalue weighted by Gasteiger charge is 2.24. The number of hydrogen-bond acceptors (Lipinski definition) is 4. The number of halogens is 2. The summed E-state index contributed by atoms with van der Waals surface area (Å²) in [7, 11) is 1.43. The van der Waals surface area contributed by atoms with Crippen LogP contribution in [0.25, 0.3) is 0 Å². The van der Waals surface area contributed by atoms with E-state index in [2.05, 4.69) is 9.64 Å². The Bertz CT molecular complexity index is 471. The first-order chi connectivity index (χ1) is 10.6. The van der Waals surface area contributed by atoms with E-state index in [0.29, 0.717) is 18.3 Å². The van der Waals surface area contributed by atoms with Gasteiger partial charge in [0.15, 0.2) is 11.5 Å². The summed E-state index contributed by atoms with van der Waals surface area (Å²) in [4.78, 5) is 2.34. The summed E-state index contributed by atoms with van der Waals surface area (Å²) in [5.74, 6) is 0.378. The van der Waals surface area contributed by atoms with E-state index in [0.717, 1.165) is 37.8 Å². The van der Waals surface area contributed by atoms with Gasteiger partial charge in [-0.15, -0.1) is 0 Å². The summed E-state index contributed by atoms with van der Waals surface area (Å²) >= 11 is 0. The molecule has 1 aliphatic heterocycles. The first kappa shape index (κ1) is 17.0. The summed E-state index contributed by atoms with van der Waals surface area (Å²) in [6.45, 7) is -0.972. The molecule has 2 rings (SSSR count). The molecule has 0 saturated carbocycles. The fourth-order valence-electron chi connectivity index (χ4n) is 3.00. The Balaban J connectivity index is 2.05. The van der Waals surface area contributed by atoms with Gasteiger partial charge in [-0.1, -0.05) is 6.07 Å². The van der Waals surface area contributed by atoms with E-state index in [1.165, 1.54) is 7.11 Å². The molecular weight excluding hydrogens is 292 g/mol. The van der Waals surface area contributed by atoms with Gasteiger partial charge in [0, 0.05) is 19.2 Å². The lowest BCUT2D eigenvalue weighted by Crippen LogP contribution is -2.29. The summed E-state index contributed by atoms with van der Waals surface area (Å²) in [6, 6.07) is 5.60. The molecule has 1 fully saturated rings. The molecule has 4 nitrogen and oxygen atoms in total. The molecule has 0 amide bonds. The first-order valence-corrected chi connectivity index (χ1v) is 7.60. The minimum Gasteiger partial charge on any atom is -0.493 e. The van der Waals surface area contributed by atoms with Crippen molar-refractivity contribution in [2.45, 2.75) is 44.9 Å². The number of methoxy groups -OCH3 is 1. The van der Waals surface area contributed by atoms with Gasteiger partial charge in [-0.2, -0.15) is 8.78 Å². The lowest BCUT2D eigenvalue weighted by Gasteiger charge is -2.24. The highest BCUT2D eigenvalue weighted by Crippen LogP contribution is 2.31. The molecule has 0 radical (unpaired) electrons. The number of nitrogens with zero attached hydrogens (tertiary/aromatic N) is 1. The Morgan fingerprint density at radius 1 is 1.36 bits per heavy atom. The van der Waals surface area contributed by atoms with Crippen molar-refractivity contribution in [3.63, 3.8) is 0 Å². The van der Waals surface area contributed by atoms with Crippen molar-refractivity contribution in [3.05, 3.63) is 23.8 Å². The maximum absolute atomic E-state index is 12.5. The second-order valence-electron chi connectivity index (χ2n) is 5.50. The molecule has 1 saturated heterocycles. The number of likely N-dealkylation sites (tertiary alicyclic amines) is 1. The second kappa shape index (κ2) is 8.29. The third kappa shape index (κ3) is 4.55. The van der Waals surface area contributed by atoms with Crippen molar-refractivity contribution in [2.75, 3.05) is 20.3 Å². The van der Waals surface area contributed by atoms with Crippen LogP contribution in [0.4, 0.5) is 8.78 Å². The van der Waals surface area contributed by atoms with Crippen LogP contribution >= 0.6 is 0 Å².